The van der Waals surface area contributed by atoms with Gasteiger partial charge in [-0.2, -0.15) is 5.10 Å². The number of aromatic nitrogens is 4. The van der Waals surface area contributed by atoms with Gasteiger partial charge in [-0.05, 0) is 11.6 Å². The molecule has 0 fully saturated rings. The second-order valence-corrected chi connectivity index (χ2v) is 3.15. The summed E-state index contributed by atoms with van der Waals surface area (Å²) in [5, 5.41) is 3.86. The maximum Gasteiger partial charge on any atom is 0.257 e. The van der Waals surface area contributed by atoms with Crippen molar-refractivity contribution in [2.24, 2.45) is 5.73 Å². The first-order chi connectivity index (χ1) is 7.68. The summed E-state index contributed by atoms with van der Waals surface area (Å²) in [7, 11) is 0. The van der Waals surface area contributed by atoms with Gasteiger partial charge in [0.05, 0.1) is 6.04 Å². The fourth-order valence-electron chi connectivity index (χ4n) is 1.20. The Kier molecular flexibility index (Phi) is 2.86. The molecule has 2 aromatic heterocycles. The van der Waals surface area contributed by atoms with Gasteiger partial charge in [0.2, 0.25) is 0 Å². The number of hydrogen-bond donors (Lipinski definition) is 1. The molecule has 84 valence electrons. The first-order valence-corrected chi connectivity index (χ1v) is 4.53. The van der Waals surface area contributed by atoms with Crippen LogP contribution in [-0.2, 0) is 0 Å². The minimum absolute atomic E-state index is 0.291. The van der Waals surface area contributed by atoms with E-state index >= 15 is 0 Å². The molecule has 1 unspecified atom stereocenters. The van der Waals surface area contributed by atoms with E-state index in [1.807, 2.05) is 0 Å². The molecule has 2 N–H and O–H groups in total. The molecule has 5 nitrogen and oxygen atoms in total. The van der Waals surface area contributed by atoms with Crippen LogP contribution in [0.4, 0.5) is 8.78 Å². The van der Waals surface area contributed by atoms with Crippen molar-refractivity contribution in [3.05, 3.63) is 36.5 Å². The predicted octanol–water partition coefficient (Wildman–Crippen LogP) is 0.927. The highest BCUT2D eigenvalue weighted by molar-refractivity contribution is 5.25. The van der Waals surface area contributed by atoms with Crippen LogP contribution in [0.25, 0.3) is 5.82 Å². The standard InChI is InChI=1S/C9H9F2N5/c10-9(11)8(12)6-1-2-7(14-3-6)16-5-13-4-15-16/h1-5,8-9H,12H2. The van der Waals surface area contributed by atoms with E-state index in [4.69, 9.17) is 5.73 Å². The van der Waals surface area contributed by atoms with Gasteiger partial charge in [-0.1, -0.05) is 6.07 Å². The van der Waals surface area contributed by atoms with Crippen molar-refractivity contribution in [2.45, 2.75) is 12.5 Å². The van der Waals surface area contributed by atoms with Crippen LogP contribution in [0.1, 0.15) is 11.6 Å². The average molecular weight is 225 g/mol. The molecule has 0 radical (unpaired) electrons. The summed E-state index contributed by atoms with van der Waals surface area (Å²) in [5.41, 5.74) is 5.57. The van der Waals surface area contributed by atoms with E-state index in [-0.39, 0.29) is 0 Å². The third kappa shape index (κ3) is 2.03. The molecule has 0 amide bonds. The van der Waals surface area contributed by atoms with Crippen LogP contribution in [0.3, 0.4) is 0 Å². The van der Waals surface area contributed by atoms with E-state index in [0.29, 0.717) is 11.4 Å². The second-order valence-electron chi connectivity index (χ2n) is 3.15. The number of halogens is 2. The van der Waals surface area contributed by atoms with Gasteiger partial charge in [0.15, 0.2) is 5.82 Å². The first-order valence-electron chi connectivity index (χ1n) is 4.53. The van der Waals surface area contributed by atoms with Crippen molar-refractivity contribution >= 4 is 0 Å². The van der Waals surface area contributed by atoms with E-state index in [1.54, 1.807) is 6.07 Å². The number of rotatable bonds is 3. The number of nitrogens with zero attached hydrogens (tertiary/aromatic N) is 4. The zero-order valence-electron chi connectivity index (χ0n) is 8.16. The van der Waals surface area contributed by atoms with Crippen LogP contribution in [0, 0.1) is 0 Å². The third-order valence-electron chi connectivity index (χ3n) is 2.08. The molecule has 0 saturated carbocycles. The van der Waals surface area contributed by atoms with Crippen LogP contribution < -0.4 is 5.73 Å². The number of nitrogens with two attached hydrogens (primary N) is 1. The van der Waals surface area contributed by atoms with Crippen LogP contribution in [-0.4, -0.2) is 26.2 Å². The Morgan fingerprint density at radius 2 is 2.12 bits per heavy atom. The Labute approximate surface area is 89.9 Å². The van der Waals surface area contributed by atoms with Crippen LogP contribution in [0.15, 0.2) is 31.0 Å². The molecule has 0 aromatic carbocycles. The predicted molar refractivity (Wildman–Crippen MR) is 52.1 cm³/mol. The maximum atomic E-state index is 12.3. The van der Waals surface area contributed by atoms with Crippen molar-refractivity contribution in [1.82, 2.24) is 19.7 Å². The average Bonchev–Trinajstić information content (AvgIpc) is 2.81. The summed E-state index contributed by atoms with van der Waals surface area (Å²) in [5.74, 6) is 0.503. The van der Waals surface area contributed by atoms with E-state index in [9.17, 15) is 8.78 Å². The summed E-state index contributed by atoms with van der Waals surface area (Å²) in [6.07, 6.45) is 1.54. The molecule has 7 heteroatoms. The van der Waals surface area contributed by atoms with Crippen molar-refractivity contribution < 1.29 is 8.78 Å². The fraction of sp³-hybridized carbons (Fsp3) is 0.222. The number of pyridine rings is 1. The molecule has 0 aliphatic rings. The molecule has 0 spiro atoms. The van der Waals surface area contributed by atoms with Gasteiger partial charge in [0.1, 0.15) is 12.7 Å². The summed E-state index contributed by atoms with van der Waals surface area (Å²) < 4.78 is 26.0. The summed E-state index contributed by atoms with van der Waals surface area (Å²) in [6.45, 7) is 0. The molecule has 2 heterocycles. The van der Waals surface area contributed by atoms with Gasteiger partial charge in [-0.15, -0.1) is 0 Å². The lowest BCUT2D eigenvalue weighted by atomic mass is 10.1. The Bertz CT molecular complexity index is 439. The SMILES string of the molecule is NC(c1ccc(-n2cncn2)nc1)C(F)F. The lowest BCUT2D eigenvalue weighted by Gasteiger charge is -2.10. The van der Waals surface area contributed by atoms with Gasteiger partial charge in [-0.25, -0.2) is 23.4 Å². The van der Waals surface area contributed by atoms with E-state index in [2.05, 4.69) is 15.1 Å². The second kappa shape index (κ2) is 4.31. The maximum absolute atomic E-state index is 12.3. The lowest BCUT2D eigenvalue weighted by molar-refractivity contribution is 0.116. The van der Waals surface area contributed by atoms with Gasteiger partial charge in [0, 0.05) is 6.20 Å². The van der Waals surface area contributed by atoms with Crippen LogP contribution >= 0.6 is 0 Å². The Hall–Kier alpha value is -1.89. The minimum Gasteiger partial charge on any atom is -0.319 e. The zero-order chi connectivity index (χ0) is 11.5. The Balaban J connectivity index is 2.23. The first kappa shape index (κ1) is 10.6. The highest BCUT2D eigenvalue weighted by Crippen LogP contribution is 2.17. The molecule has 16 heavy (non-hydrogen) atoms. The van der Waals surface area contributed by atoms with Gasteiger partial charge < -0.3 is 5.73 Å². The molecule has 0 aliphatic heterocycles. The minimum atomic E-state index is -2.60. The van der Waals surface area contributed by atoms with Gasteiger partial charge >= 0.3 is 0 Å². The fourth-order valence-corrected chi connectivity index (χ4v) is 1.20. The summed E-state index contributed by atoms with van der Waals surface area (Å²) in [4.78, 5) is 7.72. The Morgan fingerprint density at radius 3 is 2.62 bits per heavy atom. The smallest absolute Gasteiger partial charge is 0.257 e. The summed E-state index contributed by atoms with van der Waals surface area (Å²) >= 11 is 0. The quantitative estimate of drug-likeness (QED) is 0.843. The molecular formula is C9H9F2N5. The van der Waals surface area contributed by atoms with Crippen molar-refractivity contribution in [1.29, 1.82) is 0 Å². The van der Waals surface area contributed by atoms with E-state index in [0.717, 1.165) is 0 Å². The molecule has 0 bridgehead atoms. The normalized spacial score (nSPS) is 13.0. The topological polar surface area (TPSA) is 69.6 Å². The van der Waals surface area contributed by atoms with Crippen LogP contribution in [0.2, 0.25) is 0 Å². The van der Waals surface area contributed by atoms with Crippen LogP contribution in [0.5, 0.6) is 0 Å². The highest BCUT2D eigenvalue weighted by atomic mass is 19.3. The monoisotopic (exact) mass is 225 g/mol. The van der Waals surface area contributed by atoms with Gasteiger partial charge in [0.25, 0.3) is 6.43 Å². The molecule has 0 aliphatic carbocycles. The molecule has 2 aromatic rings. The molecule has 2 rings (SSSR count). The largest absolute Gasteiger partial charge is 0.319 e. The molecule has 0 saturated heterocycles. The Morgan fingerprint density at radius 1 is 1.31 bits per heavy atom. The lowest BCUT2D eigenvalue weighted by Crippen LogP contribution is -2.19. The molecule has 1 atom stereocenters. The highest BCUT2D eigenvalue weighted by Gasteiger charge is 2.17. The van der Waals surface area contributed by atoms with Crippen molar-refractivity contribution in [3.63, 3.8) is 0 Å². The van der Waals surface area contributed by atoms with Gasteiger partial charge in [-0.3, -0.25) is 0 Å². The van der Waals surface area contributed by atoms with Crippen molar-refractivity contribution in [3.8, 4) is 5.82 Å². The van der Waals surface area contributed by atoms with Crippen molar-refractivity contribution in [2.75, 3.05) is 0 Å². The third-order valence-corrected chi connectivity index (χ3v) is 2.08. The van der Waals surface area contributed by atoms with E-state index < -0.39 is 12.5 Å². The zero-order valence-corrected chi connectivity index (χ0v) is 8.16. The summed E-state index contributed by atoms with van der Waals surface area (Å²) in [6, 6.07) is 1.75. The molecular weight excluding hydrogens is 216 g/mol. The number of hydrogen-bond acceptors (Lipinski definition) is 4. The van der Waals surface area contributed by atoms with E-state index in [1.165, 1.54) is 29.6 Å². The number of alkyl halides is 2.